The number of primary sulfonamides is 1. The zero-order valence-electron chi connectivity index (χ0n) is 13.6. The number of anilines is 1. The summed E-state index contributed by atoms with van der Waals surface area (Å²) >= 11 is 0. The Labute approximate surface area is 148 Å². The summed E-state index contributed by atoms with van der Waals surface area (Å²) in [7, 11) is -3.06. The van der Waals surface area contributed by atoms with Crippen molar-refractivity contribution in [3.05, 3.63) is 53.6 Å². The zero-order valence-corrected chi connectivity index (χ0v) is 14.4. The summed E-state index contributed by atoms with van der Waals surface area (Å²) in [5.74, 6) is 0.526. The Bertz CT molecular complexity index is 885. The maximum atomic E-state index is 13.1. The lowest BCUT2D eigenvalue weighted by atomic mass is 10.1. The van der Waals surface area contributed by atoms with Crippen LogP contribution in [0.4, 0.5) is 18.9 Å². The third-order valence-corrected chi connectivity index (χ3v) is 4.54. The maximum absolute atomic E-state index is 13.1. The number of methoxy groups -OCH3 is 1. The number of hydrogen-bond acceptors (Lipinski definition) is 5. The van der Waals surface area contributed by atoms with Gasteiger partial charge in [-0.25, -0.2) is 13.6 Å². The number of ether oxygens (including phenoxy) is 1. The highest BCUT2D eigenvalue weighted by molar-refractivity contribution is 7.89. The maximum Gasteiger partial charge on any atom is 0.417 e. The van der Waals surface area contributed by atoms with Crippen molar-refractivity contribution in [3.63, 3.8) is 0 Å². The molecule has 0 aliphatic carbocycles. The molecule has 2 aromatic carbocycles. The number of halogens is 3. The van der Waals surface area contributed by atoms with Crippen LogP contribution >= 0.6 is 0 Å². The predicted molar refractivity (Wildman–Crippen MR) is 89.3 cm³/mol. The van der Waals surface area contributed by atoms with Gasteiger partial charge in [0.25, 0.3) is 0 Å². The van der Waals surface area contributed by atoms with Gasteiger partial charge in [-0.15, -0.1) is 0 Å². The lowest BCUT2D eigenvalue weighted by molar-refractivity contribution is -0.139. The summed E-state index contributed by atoms with van der Waals surface area (Å²) in [5.41, 5.74) is -0.874. The van der Waals surface area contributed by atoms with Gasteiger partial charge < -0.3 is 15.2 Å². The van der Waals surface area contributed by atoms with Crippen LogP contribution < -0.4 is 15.2 Å². The standard InChI is InChI=1S/C16H17F3N2O4S/c1-25-12-4-2-3-10(7-12)14(22)9-21-11-5-6-15(26(20,23)24)13(8-11)16(17,18)19/h2-8,14,21-22H,9H2,1H3,(H2,20,23,24). The van der Waals surface area contributed by atoms with Crippen molar-refractivity contribution in [2.24, 2.45) is 5.14 Å². The quantitative estimate of drug-likeness (QED) is 0.704. The van der Waals surface area contributed by atoms with Crippen LogP contribution in [-0.4, -0.2) is 27.2 Å². The minimum absolute atomic E-state index is 0.00771. The molecule has 4 N–H and O–H groups in total. The average Bonchev–Trinajstić information content (AvgIpc) is 2.57. The molecule has 142 valence electrons. The molecule has 0 fully saturated rings. The van der Waals surface area contributed by atoms with Crippen molar-refractivity contribution in [1.29, 1.82) is 0 Å². The third-order valence-electron chi connectivity index (χ3n) is 3.57. The highest BCUT2D eigenvalue weighted by Gasteiger charge is 2.36. The van der Waals surface area contributed by atoms with Gasteiger partial charge in [-0.05, 0) is 35.9 Å². The first-order valence-electron chi connectivity index (χ1n) is 7.32. The van der Waals surface area contributed by atoms with E-state index in [0.29, 0.717) is 17.4 Å². The van der Waals surface area contributed by atoms with Gasteiger partial charge in [-0.1, -0.05) is 12.1 Å². The molecular weight excluding hydrogens is 373 g/mol. The molecular formula is C16H17F3N2O4S. The summed E-state index contributed by atoms with van der Waals surface area (Å²) in [5, 5.41) is 17.6. The number of sulfonamides is 1. The van der Waals surface area contributed by atoms with E-state index in [1.807, 2.05) is 0 Å². The van der Waals surface area contributed by atoms with E-state index in [1.165, 1.54) is 7.11 Å². The molecule has 6 nitrogen and oxygen atoms in total. The molecule has 0 spiro atoms. The number of benzene rings is 2. The van der Waals surface area contributed by atoms with Crippen molar-refractivity contribution in [3.8, 4) is 5.75 Å². The van der Waals surface area contributed by atoms with Gasteiger partial charge in [-0.3, -0.25) is 0 Å². The molecule has 2 rings (SSSR count). The molecule has 0 saturated heterocycles. The summed E-state index contributed by atoms with van der Waals surface area (Å²) in [6.07, 6.45) is -5.91. The van der Waals surface area contributed by atoms with Gasteiger partial charge in [0.2, 0.25) is 10.0 Å². The molecule has 2 aromatic rings. The lowest BCUT2D eigenvalue weighted by Gasteiger charge is -2.16. The van der Waals surface area contributed by atoms with Crippen molar-refractivity contribution in [2.45, 2.75) is 17.2 Å². The first kappa shape index (κ1) is 20.0. The minimum atomic E-state index is -4.90. The van der Waals surface area contributed by atoms with Crippen molar-refractivity contribution in [2.75, 3.05) is 19.0 Å². The van der Waals surface area contributed by atoms with Gasteiger partial charge in [-0.2, -0.15) is 13.2 Å². The molecule has 0 aromatic heterocycles. The first-order chi connectivity index (χ1) is 12.0. The van der Waals surface area contributed by atoms with Gasteiger partial charge in [0, 0.05) is 12.2 Å². The van der Waals surface area contributed by atoms with E-state index >= 15 is 0 Å². The molecule has 26 heavy (non-hydrogen) atoms. The highest BCUT2D eigenvalue weighted by atomic mass is 32.2. The fourth-order valence-electron chi connectivity index (χ4n) is 2.29. The number of nitrogens with two attached hydrogens (primary N) is 1. The fourth-order valence-corrected chi connectivity index (χ4v) is 3.03. The topological polar surface area (TPSA) is 102 Å². The Morgan fingerprint density at radius 3 is 2.50 bits per heavy atom. The second-order valence-electron chi connectivity index (χ2n) is 5.43. The van der Waals surface area contributed by atoms with E-state index in [9.17, 15) is 26.7 Å². The van der Waals surface area contributed by atoms with E-state index in [1.54, 1.807) is 24.3 Å². The summed E-state index contributed by atoms with van der Waals surface area (Å²) in [6, 6.07) is 9.15. The van der Waals surface area contributed by atoms with Gasteiger partial charge >= 0.3 is 6.18 Å². The predicted octanol–water partition coefficient (Wildman–Crippen LogP) is 2.51. The Balaban J connectivity index is 2.22. The molecule has 1 unspecified atom stereocenters. The average molecular weight is 390 g/mol. The fraction of sp³-hybridized carbons (Fsp3) is 0.250. The van der Waals surface area contributed by atoms with Crippen LogP contribution in [0.1, 0.15) is 17.2 Å². The molecule has 0 amide bonds. The van der Waals surface area contributed by atoms with Crippen LogP contribution in [0.25, 0.3) is 0 Å². The van der Waals surface area contributed by atoms with Crippen molar-refractivity contribution in [1.82, 2.24) is 0 Å². The highest BCUT2D eigenvalue weighted by Crippen LogP contribution is 2.35. The summed E-state index contributed by atoms with van der Waals surface area (Å²) < 4.78 is 67.0. The lowest BCUT2D eigenvalue weighted by Crippen LogP contribution is -2.20. The smallest absolute Gasteiger partial charge is 0.417 e. The number of hydrogen-bond donors (Lipinski definition) is 3. The van der Waals surface area contributed by atoms with Gasteiger partial charge in [0.1, 0.15) is 5.75 Å². The monoisotopic (exact) mass is 390 g/mol. The SMILES string of the molecule is COc1cccc(C(O)CNc2ccc(S(N)(=O)=O)c(C(F)(F)F)c2)c1. The van der Waals surface area contributed by atoms with Crippen LogP contribution in [0.3, 0.4) is 0 Å². The van der Waals surface area contributed by atoms with Crippen molar-refractivity contribution >= 4 is 15.7 Å². The van der Waals surface area contributed by atoms with E-state index in [2.05, 4.69) is 5.32 Å². The molecule has 1 atom stereocenters. The van der Waals surface area contributed by atoms with Crippen LogP contribution in [0.5, 0.6) is 5.75 Å². The molecule has 0 radical (unpaired) electrons. The number of aliphatic hydroxyl groups is 1. The largest absolute Gasteiger partial charge is 0.497 e. The zero-order chi connectivity index (χ0) is 19.5. The van der Waals surface area contributed by atoms with E-state index in [0.717, 1.165) is 12.1 Å². The van der Waals surface area contributed by atoms with Crippen LogP contribution in [0.2, 0.25) is 0 Å². The Hall–Kier alpha value is -2.30. The summed E-state index contributed by atoms with van der Waals surface area (Å²) in [4.78, 5) is -1.01. The molecule has 0 aliphatic rings. The Kier molecular flexibility index (Phi) is 5.79. The number of nitrogens with one attached hydrogen (secondary N) is 1. The van der Waals surface area contributed by atoms with Gasteiger partial charge in [0.05, 0.1) is 23.7 Å². The Morgan fingerprint density at radius 1 is 1.23 bits per heavy atom. The second-order valence-corrected chi connectivity index (χ2v) is 6.96. The van der Waals surface area contributed by atoms with Gasteiger partial charge in [0.15, 0.2) is 0 Å². The normalized spacial score (nSPS) is 13.3. The van der Waals surface area contributed by atoms with Crippen molar-refractivity contribution < 1.29 is 31.4 Å². The first-order valence-corrected chi connectivity index (χ1v) is 8.87. The molecule has 0 aliphatic heterocycles. The molecule has 10 heteroatoms. The molecule has 0 bridgehead atoms. The van der Waals surface area contributed by atoms with Crippen LogP contribution in [-0.2, 0) is 16.2 Å². The van der Waals surface area contributed by atoms with E-state index in [4.69, 9.17) is 9.88 Å². The molecule has 0 heterocycles. The van der Waals surface area contributed by atoms with Crippen LogP contribution in [0, 0.1) is 0 Å². The van der Waals surface area contributed by atoms with E-state index in [-0.39, 0.29) is 12.2 Å². The number of alkyl halides is 3. The number of aliphatic hydroxyl groups excluding tert-OH is 1. The van der Waals surface area contributed by atoms with E-state index < -0.39 is 32.8 Å². The minimum Gasteiger partial charge on any atom is -0.497 e. The number of rotatable bonds is 6. The third kappa shape index (κ3) is 4.87. The summed E-state index contributed by atoms with van der Waals surface area (Å²) in [6.45, 7) is -0.0980. The second kappa shape index (κ2) is 7.52. The molecule has 0 saturated carbocycles. The van der Waals surface area contributed by atoms with Crippen LogP contribution in [0.15, 0.2) is 47.4 Å². The Morgan fingerprint density at radius 2 is 1.92 bits per heavy atom.